The molecule has 32 heavy (non-hydrogen) atoms. The highest BCUT2D eigenvalue weighted by molar-refractivity contribution is 7.90. The lowest BCUT2D eigenvalue weighted by atomic mass is 10.2. The summed E-state index contributed by atoms with van der Waals surface area (Å²) in [6.07, 6.45) is 1.14. The van der Waals surface area contributed by atoms with Crippen molar-refractivity contribution < 1.29 is 27.8 Å². The molecule has 0 fully saturated rings. The number of ether oxygens (including phenoxy) is 2. The van der Waals surface area contributed by atoms with Crippen LogP contribution in [0.5, 0.6) is 17.2 Å². The third-order valence-corrected chi connectivity index (χ3v) is 5.46. The molecule has 2 N–H and O–H groups in total. The first-order chi connectivity index (χ1) is 15.2. The van der Waals surface area contributed by atoms with Gasteiger partial charge >= 0.3 is 5.97 Å². The molecule has 0 aliphatic carbocycles. The first-order valence-electron chi connectivity index (χ1n) is 9.55. The lowest BCUT2D eigenvalue weighted by Gasteiger charge is -2.14. The Balaban J connectivity index is 1.83. The summed E-state index contributed by atoms with van der Waals surface area (Å²) in [7, 11) is -3.30. The number of nitrogens with one attached hydrogen (secondary N) is 1. The third kappa shape index (κ3) is 6.32. The Hall–Kier alpha value is -3.85. The van der Waals surface area contributed by atoms with E-state index in [4.69, 9.17) is 14.6 Å². The van der Waals surface area contributed by atoms with E-state index < -0.39 is 15.8 Å². The van der Waals surface area contributed by atoms with E-state index in [0.29, 0.717) is 22.9 Å². The van der Waals surface area contributed by atoms with E-state index in [-0.39, 0.29) is 17.2 Å². The summed E-state index contributed by atoms with van der Waals surface area (Å²) in [4.78, 5) is 11.2. The Morgan fingerprint density at radius 1 is 1.00 bits per heavy atom. The number of nitrogens with zero attached hydrogens (tertiary/aromatic N) is 1. The molecule has 8 nitrogen and oxygen atoms in total. The first-order valence-corrected chi connectivity index (χ1v) is 11.4. The van der Waals surface area contributed by atoms with E-state index in [9.17, 15) is 13.2 Å². The maximum atomic E-state index is 11.6. The molecule has 0 unspecified atom stereocenters. The summed E-state index contributed by atoms with van der Waals surface area (Å²) < 4.78 is 35.0. The van der Waals surface area contributed by atoms with Gasteiger partial charge in [-0.25, -0.2) is 13.2 Å². The number of carboxylic acid groups (broad SMARTS) is 1. The molecule has 0 aliphatic heterocycles. The Kier molecular flexibility index (Phi) is 7.11. The van der Waals surface area contributed by atoms with Gasteiger partial charge in [0.2, 0.25) is 0 Å². The van der Waals surface area contributed by atoms with Crippen LogP contribution in [0, 0.1) is 0 Å². The Morgan fingerprint density at radius 2 is 1.66 bits per heavy atom. The molecular weight excluding hydrogens is 432 g/mol. The summed E-state index contributed by atoms with van der Waals surface area (Å²) in [6, 6.07) is 20.6. The summed E-state index contributed by atoms with van der Waals surface area (Å²) in [5.74, 6) is 0.166. The molecule has 9 heteroatoms. The second-order valence-corrected chi connectivity index (χ2v) is 8.91. The van der Waals surface area contributed by atoms with Crippen molar-refractivity contribution in [3.05, 3.63) is 78.4 Å². The van der Waals surface area contributed by atoms with Gasteiger partial charge in [0.05, 0.1) is 10.6 Å². The zero-order valence-corrected chi connectivity index (χ0v) is 18.3. The van der Waals surface area contributed by atoms with E-state index in [1.165, 1.54) is 19.1 Å². The van der Waals surface area contributed by atoms with Crippen molar-refractivity contribution in [2.24, 2.45) is 5.10 Å². The van der Waals surface area contributed by atoms with Crippen molar-refractivity contribution in [2.45, 2.75) is 18.4 Å². The molecule has 0 aliphatic rings. The van der Waals surface area contributed by atoms with Crippen LogP contribution in [0.4, 0.5) is 5.69 Å². The Bertz CT molecular complexity index is 1220. The van der Waals surface area contributed by atoms with Gasteiger partial charge in [-0.15, -0.1) is 0 Å². The van der Waals surface area contributed by atoms with Crippen LogP contribution in [-0.2, 0) is 21.2 Å². The van der Waals surface area contributed by atoms with Gasteiger partial charge in [-0.3, -0.25) is 5.43 Å². The van der Waals surface area contributed by atoms with Crippen LogP contribution in [0.1, 0.15) is 12.5 Å². The van der Waals surface area contributed by atoms with E-state index in [1.54, 1.807) is 30.3 Å². The van der Waals surface area contributed by atoms with Crippen LogP contribution in [0.15, 0.2) is 82.8 Å². The largest absolute Gasteiger partial charge is 0.487 e. The predicted molar refractivity (Wildman–Crippen MR) is 121 cm³/mol. The monoisotopic (exact) mass is 454 g/mol. The van der Waals surface area contributed by atoms with Gasteiger partial charge in [0.15, 0.2) is 9.84 Å². The van der Waals surface area contributed by atoms with Crippen molar-refractivity contribution in [2.75, 3.05) is 11.7 Å². The van der Waals surface area contributed by atoms with E-state index >= 15 is 0 Å². The van der Waals surface area contributed by atoms with Crippen molar-refractivity contribution in [1.29, 1.82) is 0 Å². The normalized spacial score (nSPS) is 11.6. The summed E-state index contributed by atoms with van der Waals surface area (Å²) >= 11 is 0. The number of carboxylic acids is 1. The number of carbonyl (C=O) groups is 1. The number of aliphatic carboxylic acids is 1. The lowest BCUT2D eigenvalue weighted by Crippen LogP contribution is -2.10. The number of hydrogen-bond donors (Lipinski definition) is 2. The summed E-state index contributed by atoms with van der Waals surface area (Å²) in [5.41, 5.74) is 4.01. The van der Waals surface area contributed by atoms with E-state index in [1.807, 2.05) is 30.3 Å². The van der Waals surface area contributed by atoms with Crippen LogP contribution in [0.3, 0.4) is 0 Å². The molecule has 0 bridgehead atoms. The van der Waals surface area contributed by atoms with Crippen molar-refractivity contribution in [3.8, 4) is 17.2 Å². The van der Waals surface area contributed by atoms with Gasteiger partial charge in [0, 0.05) is 12.3 Å². The van der Waals surface area contributed by atoms with Crippen molar-refractivity contribution in [1.82, 2.24) is 0 Å². The smallest absolute Gasteiger partial charge is 0.351 e. The first kappa shape index (κ1) is 22.8. The second-order valence-electron chi connectivity index (χ2n) is 6.89. The van der Waals surface area contributed by atoms with Crippen LogP contribution < -0.4 is 14.9 Å². The fourth-order valence-electron chi connectivity index (χ4n) is 2.60. The Morgan fingerprint density at radius 3 is 2.28 bits per heavy atom. The van der Waals surface area contributed by atoms with Crippen LogP contribution >= 0.6 is 0 Å². The highest BCUT2D eigenvalue weighted by atomic mass is 32.2. The summed E-state index contributed by atoms with van der Waals surface area (Å²) in [6.45, 7) is 1.65. The minimum atomic E-state index is -3.30. The molecule has 0 radical (unpaired) electrons. The molecule has 3 rings (SSSR count). The molecule has 0 aromatic heterocycles. The standard InChI is InChI=1S/C23H22N2O6S/c1-16(23(26)27)24-25-21-13-10-19(14-22(21)30-15-17-6-4-3-5-7-17)31-18-8-11-20(12-9-18)32(2,28)29/h3-14,25H,15H2,1-2H3,(H,26,27)/b24-16-. The predicted octanol–water partition coefficient (Wildman–Crippen LogP) is 4.33. The molecule has 0 atom stereocenters. The molecule has 3 aromatic rings. The zero-order valence-electron chi connectivity index (χ0n) is 17.5. The molecule has 0 heterocycles. The number of hydrogen-bond acceptors (Lipinski definition) is 7. The average Bonchev–Trinajstić information content (AvgIpc) is 2.77. The number of sulfone groups is 1. The van der Waals surface area contributed by atoms with Gasteiger partial charge in [0.25, 0.3) is 0 Å². The topological polar surface area (TPSA) is 114 Å². The van der Waals surface area contributed by atoms with Gasteiger partial charge < -0.3 is 14.6 Å². The van der Waals surface area contributed by atoms with Gasteiger partial charge in [-0.1, -0.05) is 30.3 Å². The number of anilines is 1. The highest BCUT2D eigenvalue weighted by Gasteiger charge is 2.10. The lowest BCUT2D eigenvalue weighted by molar-refractivity contribution is -0.129. The van der Waals surface area contributed by atoms with Gasteiger partial charge in [-0.2, -0.15) is 5.10 Å². The molecular formula is C23H22N2O6S. The maximum Gasteiger partial charge on any atom is 0.351 e. The Labute approximate surface area is 186 Å². The van der Waals surface area contributed by atoms with Gasteiger partial charge in [-0.05, 0) is 48.9 Å². The van der Waals surface area contributed by atoms with Crippen LogP contribution in [-0.4, -0.2) is 31.5 Å². The third-order valence-electron chi connectivity index (χ3n) is 4.33. The molecule has 0 spiro atoms. The molecule has 0 saturated heterocycles. The van der Waals surface area contributed by atoms with Crippen LogP contribution in [0.2, 0.25) is 0 Å². The molecule has 3 aromatic carbocycles. The highest BCUT2D eigenvalue weighted by Crippen LogP contribution is 2.33. The minimum Gasteiger partial charge on any atom is -0.487 e. The maximum absolute atomic E-state index is 11.6. The van der Waals surface area contributed by atoms with Crippen molar-refractivity contribution in [3.63, 3.8) is 0 Å². The number of hydrazone groups is 1. The number of benzene rings is 3. The van der Waals surface area contributed by atoms with Crippen molar-refractivity contribution >= 4 is 27.2 Å². The summed E-state index contributed by atoms with van der Waals surface area (Å²) in [5, 5.41) is 12.8. The number of rotatable bonds is 9. The fourth-order valence-corrected chi connectivity index (χ4v) is 3.23. The molecule has 166 valence electrons. The minimum absolute atomic E-state index is 0.106. The average molecular weight is 455 g/mol. The SMILES string of the molecule is C/C(=N/Nc1ccc(Oc2ccc(S(C)(=O)=O)cc2)cc1OCc1ccccc1)C(=O)O. The molecule has 0 saturated carbocycles. The van der Waals surface area contributed by atoms with Crippen LogP contribution in [0.25, 0.3) is 0 Å². The van der Waals surface area contributed by atoms with E-state index in [2.05, 4.69) is 10.5 Å². The fraction of sp³-hybridized carbons (Fsp3) is 0.130. The molecule has 0 amide bonds. The zero-order chi connectivity index (χ0) is 23.1. The quantitative estimate of drug-likeness (QED) is 0.365. The van der Waals surface area contributed by atoms with Gasteiger partial charge in [0.1, 0.15) is 29.6 Å². The second kappa shape index (κ2) is 9.97. The van der Waals surface area contributed by atoms with E-state index in [0.717, 1.165) is 11.8 Å².